The summed E-state index contributed by atoms with van der Waals surface area (Å²) in [5.74, 6) is -0.0528. The van der Waals surface area contributed by atoms with Crippen molar-refractivity contribution < 1.29 is 12.8 Å². The lowest BCUT2D eigenvalue weighted by Gasteiger charge is -2.18. The first-order valence-corrected chi connectivity index (χ1v) is 6.71. The molecule has 0 N–H and O–H groups in total. The quantitative estimate of drug-likeness (QED) is 0.812. The summed E-state index contributed by atoms with van der Waals surface area (Å²) in [6, 6.07) is 0. The van der Waals surface area contributed by atoms with Gasteiger partial charge in [-0.1, -0.05) is 0 Å². The zero-order chi connectivity index (χ0) is 12.4. The molecule has 0 atom stereocenters. The maximum atomic E-state index is 12.0. The number of halogens is 1. The van der Waals surface area contributed by atoms with E-state index in [1.807, 2.05) is 0 Å². The van der Waals surface area contributed by atoms with E-state index in [2.05, 4.69) is 5.10 Å². The van der Waals surface area contributed by atoms with E-state index in [-0.39, 0.29) is 12.3 Å². The van der Waals surface area contributed by atoms with Crippen LogP contribution in [-0.4, -0.2) is 29.6 Å². The maximum absolute atomic E-state index is 12.0. The van der Waals surface area contributed by atoms with Crippen molar-refractivity contribution in [3.05, 3.63) is 18.0 Å². The molecule has 92 valence electrons. The van der Waals surface area contributed by atoms with Gasteiger partial charge in [0.1, 0.15) is 6.67 Å². The van der Waals surface area contributed by atoms with Gasteiger partial charge in [-0.25, -0.2) is 12.8 Å². The van der Waals surface area contributed by atoms with Crippen LogP contribution in [0.25, 0.3) is 0 Å². The summed E-state index contributed by atoms with van der Waals surface area (Å²) in [5, 5.41) is 3.88. The minimum absolute atomic E-state index is 0.0528. The molecule has 0 aliphatic rings. The molecule has 1 rings (SSSR count). The summed E-state index contributed by atoms with van der Waals surface area (Å²) in [7, 11) is -3.20. The number of alkyl halides is 1. The van der Waals surface area contributed by atoms with E-state index in [9.17, 15) is 12.8 Å². The highest BCUT2D eigenvalue weighted by atomic mass is 32.2. The van der Waals surface area contributed by atoms with Crippen molar-refractivity contribution in [3.8, 4) is 0 Å². The average molecular weight is 248 g/mol. The first-order chi connectivity index (χ1) is 7.26. The Balaban J connectivity index is 2.81. The standard InChI is InChI=1S/C10H17FN2O2S/c1-10(2,3)16(14,15)8-9-6-12-13(7-9)5-4-11/h6-7H,4-5,8H2,1-3H3. The average Bonchev–Trinajstić information content (AvgIpc) is 2.50. The number of nitrogens with zero attached hydrogens (tertiary/aromatic N) is 2. The molecule has 1 aromatic heterocycles. The summed E-state index contributed by atoms with van der Waals surface area (Å²) in [5.41, 5.74) is 0.600. The number of hydrogen-bond acceptors (Lipinski definition) is 3. The third-order valence-corrected chi connectivity index (χ3v) is 4.87. The lowest BCUT2D eigenvalue weighted by Crippen LogP contribution is -2.29. The van der Waals surface area contributed by atoms with Gasteiger partial charge in [0, 0.05) is 11.8 Å². The predicted molar refractivity (Wildman–Crippen MR) is 60.6 cm³/mol. The van der Waals surface area contributed by atoms with Gasteiger partial charge in [-0.3, -0.25) is 4.68 Å². The van der Waals surface area contributed by atoms with E-state index in [0.717, 1.165) is 0 Å². The van der Waals surface area contributed by atoms with Crippen LogP contribution in [0, 0.1) is 0 Å². The van der Waals surface area contributed by atoms with Crippen molar-refractivity contribution in [1.29, 1.82) is 0 Å². The molecule has 0 aliphatic heterocycles. The molecule has 0 saturated carbocycles. The van der Waals surface area contributed by atoms with Gasteiger partial charge in [0.05, 0.1) is 23.2 Å². The largest absolute Gasteiger partial charge is 0.270 e. The van der Waals surface area contributed by atoms with Gasteiger partial charge in [0.25, 0.3) is 0 Å². The molecule has 0 radical (unpaired) electrons. The molecule has 0 aromatic carbocycles. The van der Waals surface area contributed by atoms with Gasteiger partial charge >= 0.3 is 0 Å². The third kappa shape index (κ3) is 3.04. The minimum atomic E-state index is -3.20. The molecule has 1 aromatic rings. The van der Waals surface area contributed by atoms with E-state index in [4.69, 9.17) is 0 Å². The molecule has 0 unspecified atom stereocenters. The number of aryl methyl sites for hydroxylation is 1. The molecule has 0 spiro atoms. The van der Waals surface area contributed by atoms with Gasteiger partial charge in [0.15, 0.2) is 9.84 Å². The second-order valence-corrected chi connectivity index (χ2v) is 7.42. The topological polar surface area (TPSA) is 52.0 Å². The van der Waals surface area contributed by atoms with Crippen molar-refractivity contribution in [2.75, 3.05) is 6.67 Å². The van der Waals surface area contributed by atoms with Gasteiger partial charge in [0.2, 0.25) is 0 Å². The summed E-state index contributed by atoms with van der Waals surface area (Å²) < 4.78 is 36.4. The Labute approximate surface area is 95.4 Å². The van der Waals surface area contributed by atoms with Crippen LogP contribution in [0.4, 0.5) is 4.39 Å². The summed E-state index contributed by atoms with van der Waals surface area (Å²) in [6.07, 6.45) is 3.04. The SMILES string of the molecule is CC(C)(C)S(=O)(=O)Cc1cnn(CCF)c1. The van der Waals surface area contributed by atoms with E-state index < -0.39 is 21.3 Å². The van der Waals surface area contributed by atoms with Crippen LogP contribution in [0.5, 0.6) is 0 Å². The molecule has 0 amide bonds. The molecular weight excluding hydrogens is 231 g/mol. The van der Waals surface area contributed by atoms with Gasteiger partial charge < -0.3 is 0 Å². The maximum Gasteiger partial charge on any atom is 0.159 e. The fraction of sp³-hybridized carbons (Fsp3) is 0.700. The molecule has 0 bridgehead atoms. The van der Waals surface area contributed by atoms with Crippen molar-refractivity contribution in [2.24, 2.45) is 0 Å². The van der Waals surface area contributed by atoms with Crippen molar-refractivity contribution in [3.63, 3.8) is 0 Å². The molecule has 0 saturated heterocycles. The van der Waals surface area contributed by atoms with Crippen molar-refractivity contribution in [2.45, 2.75) is 37.8 Å². The third-order valence-electron chi connectivity index (χ3n) is 2.29. The zero-order valence-corrected chi connectivity index (χ0v) is 10.6. The molecule has 6 heteroatoms. The summed E-state index contributed by atoms with van der Waals surface area (Å²) >= 11 is 0. The van der Waals surface area contributed by atoms with Crippen LogP contribution in [0.3, 0.4) is 0 Å². The van der Waals surface area contributed by atoms with Crippen LogP contribution < -0.4 is 0 Å². The Hall–Kier alpha value is -0.910. The Kier molecular flexibility index (Phi) is 3.72. The highest BCUT2D eigenvalue weighted by Crippen LogP contribution is 2.20. The normalized spacial score (nSPS) is 13.0. The van der Waals surface area contributed by atoms with E-state index in [1.165, 1.54) is 10.9 Å². The number of sulfone groups is 1. The summed E-state index contributed by atoms with van der Waals surface area (Å²) in [4.78, 5) is 0. The highest BCUT2D eigenvalue weighted by Gasteiger charge is 2.29. The lowest BCUT2D eigenvalue weighted by molar-refractivity contribution is 0.427. The second kappa shape index (κ2) is 4.53. The number of hydrogen-bond donors (Lipinski definition) is 0. The van der Waals surface area contributed by atoms with Crippen LogP contribution in [0.2, 0.25) is 0 Å². The monoisotopic (exact) mass is 248 g/mol. The second-order valence-electron chi connectivity index (χ2n) is 4.67. The highest BCUT2D eigenvalue weighted by molar-refractivity contribution is 7.91. The van der Waals surface area contributed by atoms with E-state index in [1.54, 1.807) is 27.0 Å². The van der Waals surface area contributed by atoms with Gasteiger partial charge in [-0.15, -0.1) is 0 Å². The first-order valence-electron chi connectivity index (χ1n) is 5.06. The Bertz CT molecular complexity index is 446. The van der Waals surface area contributed by atoms with Crippen LogP contribution in [-0.2, 0) is 22.1 Å². The Morgan fingerprint density at radius 3 is 2.56 bits per heavy atom. The number of rotatable bonds is 4. The van der Waals surface area contributed by atoms with Crippen molar-refractivity contribution in [1.82, 2.24) is 9.78 Å². The summed E-state index contributed by atoms with van der Waals surface area (Å²) in [6.45, 7) is 4.64. The van der Waals surface area contributed by atoms with Gasteiger partial charge in [-0.2, -0.15) is 5.10 Å². The molecule has 0 fully saturated rings. The molecular formula is C10H17FN2O2S. The van der Waals surface area contributed by atoms with Crippen LogP contribution in [0.15, 0.2) is 12.4 Å². The number of aromatic nitrogens is 2. The Morgan fingerprint density at radius 2 is 2.06 bits per heavy atom. The fourth-order valence-electron chi connectivity index (χ4n) is 1.13. The molecule has 4 nitrogen and oxygen atoms in total. The molecule has 0 aliphatic carbocycles. The predicted octanol–water partition coefficient (Wildman–Crippen LogP) is 1.57. The minimum Gasteiger partial charge on any atom is -0.270 e. The van der Waals surface area contributed by atoms with Crippen LogP contribution in [0.1, 0.15) is 26.3 Å². The van der Waals surface area contributed by atoms with Gasteiger partial charge in [-0.05, 0) is 20.8 Å². The van der Waals surface area contributed by atoms with Crippen molar-refractivity contribution >= 4 is 9.84 Å². The lowest BCUT2D eigenvalue weighted by atomic mass is 10.3. The van der Waals surface area contributed by atoms with E-state index in [0.29, 0.717) is 5.56 Å². The molecule has 1 heterocycles. The zero-order valence-electron chi connectivity index (χ0n) is 9.77. The first kappa shape index (κ1) is 13.2. The Morgan fingerprint density at radius 1 is 1.44 bits per heavy atom. The smallest absolute Gasteiger partial charge is 0.159 e. The van der Waals surface area contributed by atoms with E-state index >= 15 is 0 Å². The fourth-order valence-corrected chi connectivity index (χ4v) is 2.15. The van der Waals surface area contributed by atoms with Crippen LogP contribution >= 0.6 is 0 Å². The molecule has 16 heavy (non-hydrogen) atoms.